The number of unbranched alkanes of at least 4 members (excludes halogenated alkanes) is 2. The third kappa shape index (κ3) is 4.47. The first kappa shape index (κ1) is 15.8. The predicted molar refractivity (Wildman–Crippen MR) is 78.2 cm³/mol. The monoisotopic (exact) mass is 273 g/mol. The first-order valence-electron chi connectivity index (χ1n) is 7.23. The van der Waals surface area contributed by atoms with E-state index in [0.29, 0.717) is 5.92 Å². The van der Waals surface area contributed by atoms with Gasteiger partial charge in [0.05, 0.1) is 0 Å². The molecule has 1 unspecified atom stereocenters. The third-order valence-corrected chi connectivity index (χ3v) is 4.81. The molecule has 0 aromatic carbocycles. The molecule has 106 valence electrons. The highest BCUT2D eigenvalue weighted by Gasteiger charge is 2.50. The fourth-order valence-corrected chi connectivity index (χ4v) is 3.57. The minimum Gasteiger partial charge on any atom is -0.480 e. The highest BCUT2D eigenvalue weighted by Crippen LogP contribution is 2.41. The second-order valence-corrected chi connectivity index (χ2v) is 6.34. The molecule has 4 heteroatoms. The maximum atomic E-state index is 11.7. The topological polar surface area (TPSA) is 49.3 Å². The average molecular weight is 273 g/mol. The summed E-state index contributed by atoms with van der Waals surface area (Å²) in [6, 6.07) is 0. The van der Waals surface area contributed by atoms with Gasteiger partial charge in [-0.1, -0.05) is 26.7 Å². The van der Waals surface area contributed by atoms with E-state index >= 15 is 0 Å². The van der Waals surface area contributed by atoms with E-state index in [2.05, 4.69) is 19.2 Å². The lowest BCUT2D eigenvalue weighted by molar-refractivity contribution is -0.144. The van der Waals surface area contributed by atoms with E-state index in [4.69, 9.17) is 0 Å². The van der Waals surface area contributed by atoms with Gasteiger partial charge >= 0.3 is 5.97 Å². The number of carboxylic acids is 1. The normalized spacial score (nSPS) is 18.6. The van der Waals surface area contributed by atoms with Crippen molar-refractivity contribution in [3.8, 4) is 0 Å². The van der Waals surface area contributed by atoms with Crippen LogP contribution in [0.3, 0.4) is 0 Å². The summed E-state index contributed by atoms with van der Waals surface area (Å²) >= 11 is 1.80. The zero-order chi connectivity index (χ0) is 13.4. The summed E-state index contributed by atoms with van der Waals surface area (Å²) in [5, 5.41) is 12.9. The van der Waals surface area contributed by atoms with Crippen molar-refractivity contribution in [3.63, 3.8) is 0 Å². The van der Waals surface area contributed by atoms with Crippen LogP contribution in [0.2, 0.25) is 0 Å². The van der Waals surface area contributed by atoms with Crippen LogP contribution in [0.25, 0.3) is 0 Å². The molecule has 1 atom stereocenters. The summed E-state index contributed by atoms with van der Waals surface area (Å²) in [6.07, 6.45) is 6.80. The molecule has 18 heavy (non-hydrogen) atoms. The smallest absolute Gasteiger partial charge is 0.325 e. The largest absolute Gasteiger partial charge is 0.480 e. The van der Waals surface area contributed by atoms with E-state index in [1.807, 2.05) is 0 Å². The van der Waals surface area contributed by atoms with Gasteiger partial charge in [-0.2, -0.15) is 11.8 Å². The highest BCUT2D eigenvalue weighted by atomic mass is 32.2. The number of hydrogen-bond acceptors (Lipinski definition) is 3. The van der Waals surface area contributed by atoms with Crippen LogP contribution in [-0.2, 0) is 4.79 Å². The Bertz CT molecular complexity index is 256. The van der Waals surface area contributed by atoms with E-state index in [0.717, 1.165) is 37.3 Å². The van der Waals surface area contributed by atoms with Gasteiger partial charge in [0.1, 0.15) is 5.54 Å². The average Bonchev–Trinajstić information content (AvgIpc) is 3.17. The molecule has 0 saturated heterocycles. The first-order chi connectivity index (χ1) is 8.67. The van der Waals surface area contributed by atoms with Crippen molar-refractivity contribution in [2.45, 2.75) is 57.9 Å². The predicted octanol–water partition coefficient (Wildman–Crippen LogP) is 3.14. The van der Waals surface area contributed by atoms with Gasteiger partial charge in [-0.3, -0.25) is 4.79 Å². The van der Waals surface area contributed by atoms with Crippen LogP contribution in [0.15, 0.2) is 0 Å². The lowest BCUT2D eigenvalue weighted by Gasteiger charge is -2.30. The Morgan fingerprint density at radius 3 is 2.56 bits per heavy atom. The number of hydrogen-bond donors (Lipinski definition) is 2. The first-order valence-corrected chi connectivity index (χ1v) is 8.39. The van der Waals surface area contributed by atoms with Crippen molar-refractivity contribution in [2.75, 3.05) is 18.1 Å². The second kappa shape index (κ2) is 8.05. The Labute approximate surface area is 115 Å². The van der Waals surface area contributed by atoms with E-state index in [-0.39, 0.29) is 0 Å². The lowest BCUT2D eigenvalue weighted by Crippen LogP contribution is -2.56. The van der Waals surface area contributed by atoms with Gasteiger partial charge < -0.3 is 10.4 Å². The molecular weight excluding hydrogens is 246 g/mol. The van der Waals surface area contributed by atoms with Crippen molar-refractivity contribution in [1.82, 2.24) is 5.32 Å². The molecule has 0 heterocycles. The molecule has 0 spiro atoms. The van der Waals surface area contributed by atoms with Crippen molar-refractivity contribution in [2.24, 2.45) is 5.92 Å². The van der Waals surface area contributed by atoms with Gasteiger partial charge in [0.2, 0.25) is 0 Å². The molecule has 1 fully saturated rings. The minimum absolute atomic E-state index is 0.347. The zero-order valence-electron chi connectivity index (χ0n) is 11.7. The molecule has 1 aliphatic rings. The van der Waals surface area contributed by atoms with E-state index in [1.54, 1.807) is 11.8 Å². The summed E-state index contributed by atoms with van der Waals surface area (Å²) in [7, 11) is 0. The van der Waals surface area contributed by atoms with E-state index in [1.165, 1.54) is 19.3 Å². The summed E-state index contributed by atoms with van der Waals surface area (Å²) in [5.74, 6) is 1.50. The summed E-state index contributed by atoms with van der Waals surface area (Å²) in [5.41, 5.74) is -0.660. The Morgan fingerprint density at radius 1 is 1.33 bits per heavy atom. The molecule has 0 aromatic heterocycles. The molecule has 1 aliphatic carbocycles. The molecule has 3 nitrogen and oxygen atoms in total. The van der Waals surface area contributed by atoms with Crippen LogP contribution in [0.5, 0.6) is 0 Å². The Hall–Kier alpha value is -0.220. The van der Waals surface area contributed by atoms with Crippen LogP contribution in [-0.4, -0.2) is 34.7 Å². The fraction of sp³-hybridized carbons (Fsp3) is 0.929. The van der Waals surface area contributed by atoms with E-state index in [9.17, 15) is 9.90 Å². The standard InChI is InChI=1S/C14H27NO2S/c1-3-5-6-10-18-11-14(13(16)17,12-7-8-12)15-9-4-2/h12,15H,3-11H2,1-2H3,(H,16,17). The second-order valence-electron chi connectivity index (χ2n) is 5.24. The van der Waals surface area contributed by atoms with Gasteiger partial charge in [-0.25, -0.2) is 0 Å². The number of carbonyl (C=O) groups is 1. The Morgan fingerprint density at radius 2 is 2.06 bits per heavy atom. The van der Waals surface area contributed by atoms with Crippen molar-refractivity contribution in [3.05, 3.63) is 0 Å². The SMILES string of the molecule is CCCCCSCC(NCCC)(C(=O)O)C1CC1. The summed E-state index contributed by atoms with van der Waals surface area (Å²) in [4.78, 5) is 11.7. The van der Waals surface area contributed by atoms with Crippen molar-refractivity contribution in [1.29, 1.82) is 0 Å². The zero-order valence-corrected chi connectivity index (χ0v) is 12.5. The maximum Gasteiger partial charge on any atom is 0.325 e. The summed E-state index contributed by atoms with van der Waals surface area (Å²) < 4.78 is 0. The van der Waals surface area contributed by atoms with Gasteiger partial charge in [0.25, 0.3) is 0 Å². The molecule has 0 radical (unpaired) electrons. The van der Waals surface area contributed by atoms with E-state index < -0.39 is 11.5 Å². The Kier molecular flexibility index (Phi) is 7.08. The molecule has 1 saturated carbocycles. The number of rotatable bonds is 11. The number of aliphatic carboxylic acids is 1. The van der Waals surface area contributed by atoms with Crippen LogP contribution in [0.4, 0.5) is 0 Å². The molecule has 0 amide bonds. The summed E-state index contributed by atoms with van der Waals surface area (Å²) in [6.45, 7) is 5.08. The molecule has 2 N–H and O–H groups in total. The van der Waals surface area contributed by atoms with Crippen molar-refractivity contribution >= 4 is 17.7 Å². The number of carboxylic acid groups (broad SMARTS) is 1. The highest BCUT2D eigenvalue weighted by molar-refractivity contribution is 7.99. The van der Waals surface area contributed by atoms with Gasteiger partial charge in [0.15, 0.2) is 0 Å². The number of nitrogens with one attached hydrogen (secondary N) is 1. The molecule has 0 bridgehead atoms. The molecule has 0 aromatic rings. The number of thioether (sulfide) groups is 1. The molecular formula is C14H27NO2S. The quantitative estimate of drug-likeness (QED) is 0.568. The van der Waals surface area contributed by atoms with Crippen molar-refractivity contribution < 1.29 is 9.90 Å². The van der Waals surface area contributed by atoms with Crippen LogP contribution in [0.1, 0.15) is 52.4 Å². The molecule has 1 rings (SSSR count). The Balaban J connectivity index is 2.45. The molecule has 0 aliphatic heterocycles. The van der Waals surface area contributed by atoms with Crippen LogP contribution < -0.4 is 5.32 Å². The van der Waals surface area contributed by atoms with Gasteiger partial charge in [-0.15, -0.1) is 0 Å². The van der Waals surface area contributed by atoms with Crippen LogP contribution >= 0.6 is 11.8 Å². The van der Waals surface area contributed by atoms with Gasteiger partial charge in [0, 0.05) is 5.75 Å². The third-order valence-electron chi connectivity index (χ3n) is 3.57. The lowest BCUT2D eigenvalue weighted by atomic mass is 9.95. The van der Waals surface area contributed by atoms with Gasteiger partial charge in [-0.05, 0) is 43.9 Å². The fourth-order valence-electron chi connectivity index (χ4n) is 2.24. The minimum atomic E-state index is -0.660. The maximum absolute atomic E-state index is 11.7. The van der Waals surface area contributed by atoms with Crippen LogP contribution in [0, 0.1) is 5.92 Å².